The average Bonchev–Trinajstić information content (AvgIpc) is 3.12. The van der Waals surface area contributed by atoms with Gasteiger partial charge in [-0.15, -0.1) is 11.3 Å². The van der Waals surface area contributed by atoms with Crippen molar-refractivity contribution in [2.24, 2.45) is 0 Å². The van der Waals surface area contributed by atoms with Gasteiger partial charge in [-0.05, 0) is 42.7 Å². The Balaban J connectivity index is 1.38. The molecule has 0 spiro atoms. The summed E-state index contributed by atoms with van der Waals surface area (Å²) < 4.78 is 6.93. The van der Waals surface area contributed by atoms with Crippen LogP contribution in [0.4, 0.5) is 10.5 Å². The molecule has 0 bridgehead atoms. The van der Waals surface area contributed by atoms with Gasteiger partial charge in [-0.3, -0.25) is 4.98 Å². The Bertz CT molecular complexity index is 957. The second-order valence-corrected chi connectivity index (χ2v) is 8.42. The van der Waals surface area contributed by atoms with Crippen LogP contribution in [0, 0.1) is 0 Å². The molecule has 1 aliphatic rings. The molecule has 2 amide bonds. The molecule has 1 saturated heterocycles. The van der Waals surface area contributed by atoms with E-state index in [9.17, 15) is 4.79 Å². The standard InChI is InChI=1S/C21H24N4O2S/c1-13(2)20-25-17-6-5-15(11-19(17)28-20)23-21(26)24-16-7-9-27-18(10-16)14-4-3-8-22-12-14/h3-6,8,11-13,16,18H,7,9-10H2,1-2H3,(H2,23,24,26)/t16-,18-/m1/s1. The van der Waals surface area contributed by atoms with Crippen LogP contribution in [0.15, 0.2) is 42.7 Å². The molecule has 3 aromatic rings. The van der Waals surface area contributed by atoms with Gasteiger partial charge < -0.3 is 15.4 Å². The summed E-state index contributed by atoms with van der Waals surface area (Å²) in [5.74, 6) is 0.401. The van der Waals surface area contributed by atoms with E-state index < -0.39 is 0 Å². The second kappa shape index (κ2) is 8.24. The number of benzene rings is 1. The van der Waals surface area contributed by atoms with Crippen LogP contribution in [0.2, 0.25) is 0 Å². The molecular formula is C21H24N4O2S. The van der Waals surface area contributed by atoms with Gasteiger partial charge >= 0.3 is 6.03 Å². The number of aromatic nitrogens is 2. The topological polar surface area (TPSA) is 76.1 Å². The predicted molar refractivity (Wildman–Crippen MR) is 112 cm³/mol. The van der Waals surface area contributed by atoms with E-state index in [4.69, 9.17) is 4.74 Å². The lowest BCUT2D eigenvalue weighted by molar-refractivity contribution is 0.00235. The van der Waals surface area contributed by atoms with E-state index in [0.717, 1.165) is 39.3 Å². The number of hydrogen-bond acceptors (Lipinski definition) is 5. The number of nitrogens with zero attached hydrogens (tertiary/aromatic N) is 2. The molecule has 2 N–H and O–H groups in total. The third-order valence-electron chi connectivity index (χ3n) is 4.83. The van der Waals surface area contributed by atoms with E-state index in [2.05, 4.69) is 34.4 Å². The summed E-state index contributed by atoms with van der Waals surface area (Å²) >= 11 is 1.67. The summed E-state index contributed by atoms with van der Waals surface area (Å²) in [4.78, 5) is 21.3. The number of nitrogens with one attached hydrogen (secondary N) is 2. The molecular weight excluding hydrogens is 372 g/mol. The highest BCUT2D eigenvalue weighted by Gasteiger charge is 2.25. The van der Waals surface area contributed by atoms with Crippen molar-refractivity contribution in [3.05, 3.63) is 53.3 Å². The molecule has 0 unspecified atom stereocenters. The molecule has 6 nitrogen and oxygen atoms in total. The van der Waals surface area contributed by atoms with Gasteiger partial charge in [0.2, 0.25) is 0 Å². The summed E-state index contributed by atoms with van der Waals surface area (Å²) in [7, 11) is 0. The summed E-state index contributed by atoms with van der Waals surface area (Å²) in [6, 6.07) is 9.64. The lowest BCUT2D eigenvalue weighted by Gasteiger charge is -2.30. The molecule has 4 rings (SSSR count). The Hall–Kier alpha value is -2.51. The zero-order valence-electron chi connectivity index (χ0n) is 16.0. The van der Waals surface area contributed by atoms with Gasteiger partial charge in [0, 0.05) is 36.6 Å². The Kier molecular flexibility index (Phi) is 5.54. The van der Waals surface area contributed by atoms with Crippen LogP contribution in [0.5, 0.6) is 0 Å². The van der Waals surface area contributed by atoms with E-state index in [1.54, 1.807) is 17.5 Å². The number of pyridine rings is 1. The highest BCUT2D eigenvalue weighted by Crippen LogP contribution is 2.30. The normalized spacial score (nSPS) is 19.7. The van der Waals surface area contributed by atoms with Crippen LogP contribution in [-0.2, 0) is 4.74 Å². The number of rotatable bonds is 4. The number of ether oxygens (including phenoxy) is 1. The second-order valence-electron chi connectivity index (χ2n) is 7.35. The van der Waals surface area contributed by atoms with Crippen molar-refractivity contribution >= 4 is 33.3 Å². The molecule has 1 aliphatic heterocycles. The number of hydrogen-bond donors (Lipinski definition) is 2. The first-order chi connectivity index (χ1) is 13.6. The Labute approximate surface area is 168 Å². The molecule has 1 aromatic carbocycles. The van der Waals surface area contributed by atoms with Crippen molar-refractivity contribution in [1.29, 1.82) is 0 Å². The quantitative estimate of drug-likeness (QED) is 0.660. The highest BCUT2D eigenvalue weighted by atomic mass is 32.1. The smallest absolute Gasteiger partial charge is 0.319 e. The third kappa shape index (κ3) is 4.31. The van der Waals surface area contributed by atoms with Crippen LogP contribution < -0.4 is 10.6 Å². The first-order valence-corrected chi connectivity index (χ1v) is 10.4. The van der Waals surface area contributed by atoms with Crippen molar-refractivity contribution in [3.63, 3.8) is 0 Å². The number of fused-ring (bicyclic) bond motifs is 1. The van der Waals surface area contributed by atoms with Crippen LogP contribution in [-0.4, -0.2) is 28.6 Å². The summed E-state index contributed by atoms with van der Waals surface area (Å²) in [6.45, 7) is 4.89. The van der Waals surface area contributed by atoms with Gasteiger partial charge in [0.25, 0.3) is 0 Å². The highest BCUT2D eigenvalue weighted by molar-refractivity contribution is 7.18. The van der Waals surface area contributed by atoms with E-state index in [-0.39, 0.29) is 18.2 Å². The SMILES string of the molecule is CC(C)c1nc2ccc(NC(=O)N[C@@H]3CCO[C@@H](c4cccnc4)C3)cc2s1. The van der Waals surface area contributed by atoms with Crippen LogP contribution in [0.3, 0.4) is 0 Å². The molecule has 2 aromatic heterocycles. The molecule has 3 heterocycles. The first kappa shape index (κ1) is 18.8. The minimum absolute atomic E-state index is 0.0317. The Morgan fingerprint density at radius 3 is 3.00 bits per heavy atom. The fraction of sp³-hybridized carbons (Fsp3) is 0.381. The maximum Gasteiger partial charge on any atom is 0.319 e. The summed E-state index contributed by atoms with van der Waals surface area (Å²) in [6.07, 6.45) is 5.08. The van der Waals surface area contributed by atoms with Crippen LogP contribution in [0.1, 0.15) is 49.3 Å². The third-order valence-corrected chi connectivity index (χ3v) is 6.15. The van der Waals surface area contributed by atoms with Crippen LogP contribution >= 0.6 is 11.3 Å². The van der Waals surface area contributed by atoms with Gasteiger partial charge in [0.1, 0.15) is 0 Å². The molecule has 0 radical (unpaired) electrons. The summed E-state index contributed by atoms with van der Waals surface area (Å²) in [5, 5.41) is 7.14. The molecule has 28 heavy (non-hydrogen) atoms. The predicted octanol–water partition coefficient (Wildman–Crippen LogP) is 4.86. The van der Waals surface area contributed by atoms with Gasteiger partial charge in [-0.1, -0.05) is 19.9 Å². The first-order valence-electron chi connectivity index (χ1n) is 9.58. The van der Waals surface area contributed by atoms with Crippen molar-refractivity contribution in [1.82, 2.24) is 15.3 Å². The Morgan fingerprint density at radius 1 is 1.32 bits per heavy atom. The largest absolute Gasteiger partial charge is 0.373 e. The van der Waals surface area contributed by atoms with Gasteiger partial charge in [-0.25, -0.2) is 9.78 Å². The van der Waals surface area contributed by atoms with Crippen molar-refractivity contribution in [2.45, 2.75) is 44.8 Å². The number of anilines is 1. The molecule has 1 fully saturated rings. The minimum atomic E-state index is -0.190. The van der Waals surface area contributed by atoms with Crippen molar-refractivity contribution in [2.75, 3.05) is 11.9 Å². The maximum absolute atomic E-state index is 12.5. The number of urea groups is 1. The fourth-order valence-electron chi connectivity index (χ4n) is 3.35. The number of carbonyl (C=O) groups is 1. The number of amides is 2. The van der Waals surface area contributed by atoms with Gasteiger partial charge in [0.15, 0.2) is 0 Å². The van der Waals surface area contributed by atoms with E-state index in [1.807, 2.05) is 36.5 Å². The fourth-order valence-corrected chi connectivity index (χ4v) is 4.36. The zero-order valence-corrected chi connectivity index (χ0v) is 16.8. The van der Waals surface area contributed by atoms with Gasteiger partial charge in [-0.2, -0.15) is 0 Å². The lowest BCUT2D eigenvalue weighted by atomic mass is 9.99. The van der Waals surface area contributed by atoms with Gasteiger partial charge in [0.05, 0.1) is 21.3 Å². The molecule has 7 heteroatoms. The molecule has 0 aliphatic carbocycles. The summed E-state index contributed by atoms with van der Waals surface area (Å²) in [5.41, 5.74) is 2.80. The van der Waals surface area contributed by atoms with Crippen LogP contribution in [0.25, 0.3) is 10.2 Å². The lowest BCUT2D eigenvalue weighted by Crippen LogP contribution is -2.42. The monoisotopic (exact) mass is 396 g/mol. The number of carbonyl (C=O) groups excluding carboxylic acids is 1. The average molecular weight is 397 g/mol. The Morgan fingerprint density at radius 2 is 2.21 bits per heavy atom. The van der Waals surface area contributed by atoms with E-state index >= 15 is 0 Å². The minimum Gasteiger partial charge on any atom is -0.373 e. The maximum atomic E-state index is 12.5. The van der Waals surface area contributed by atoms with Crippen molar-refractivity contribution < 1.29 is 9.53 Å². The van der Waals surface area contributed by atoms with Crippen molar-refractivity contribution in [3.8, 4) is 0 Å². The molecule has 2 atom stereocenters. The van der Waals surface area contributed by atoms with E-state index in [1.165, 1.54) is 0 Å². The molecule has 146 valence electrons. The number of thiazole rings is 1. The van der Waals surface area contributed by atoms with E-state index in [0.29, 0.717) is 12.5 Å². The zero-order chi connectivity index (χ0) is 19.5. The molecule has 0 saturated carbocycles.